The summed E-state index contributed by atoms with van der Waals surface area (Å²) in [5.41, 5.74) is 0.282. The Kier molecular flexibility index (Phi) is 5.09. The molecular formula is C15H21N5O2S2. The summed E-state index contributed by atoms with van der Waals surface area (Å²) >= 11 is 7.06. The van der Waals surface area contributed by atoms with Crippen LogP contribution in [-0.2, 0) is 20.6 Å². The van der Waals surface area contributed by atoms with Crippen LogP contribution in [0.25, 0.3) is 11.2 Å². The lowest BCUT2D eigenvalue weighted by Crippen LogP contribution is -2.39. The van der Waals surface area contributed by atoms with Crippen molar-refractivity contribution in [2.24, 2.45) is 14.1 Å². The van der Waals surface area contributed by atoms with Crippen LogP contribution in [0.5, 0.6) is 0 Å². The number of hydrogen-bond donors (Lipinski definition) is 0. The van der Waals surface area contributed by atoms with Gasteiger partial charge in [0, 0.05) is 39.5 Å². The molecule has 1 fully saturated rings. The van der Waals surface area contributed by atoms with Crippen molar-refractivity contribution < 1.29 is 0 Å². The van der Waals surface area contributed by atoms with Crippen molar-refractivity contribution in [1.29, 1.82) is 0 Å². The monoisotopic (exact) mass is 367 g/mol. The Labute approximate surface area is 149 Å². The lowest BCUT2D eigenvalue weighted by Gasteiger charge is -2.17. The van der Waals surface area contributed by atoms with Crippen molar-refractivity contribution in [3.8, 4) is 0 Å². The summed E-state index contributed by atoms with van der Waals surface area (Å²) in [7, 11) is 3.40. The van der Waals surface area contributed by atoms with Gasteiger partial charge in [0.25, 0.3) is 5.56 Å². The van der Waals surface area contributed by atoms with Crippen LogP contribution >= 0.6 is 24.0 Å². The Morgan fingerprint density at radius 2 is 2.00 bits per heavy atom. The molecule has 0 unspecified atom stereocenters. The first-order chi connectivity index (χ1) is 11.5. The van der Waals surface area contributed by atoms with Gasteiger partial charge in [-0.2, -0.15) is 0 Å². The third-order valence-electron chi connectivity index (χ3n) is 4.32. The maximum Gasteiger partial charge on any atom is 0.332 e. The first kappa shape index (κ1) is 17.2. The Hall–Kier alpha value is -1.61. The van der Waals surface area contributed by atoms with Crippen molar-refractivity contribution in [2.75, 3.05) is 18.8 Å². The fraction of sp³-hybridized carbons (Fsp3) is 0.600. The molecule has 24 heavy (non-hydrogen) atoms. The largest absolute Gasteiger partial charge is 0.358 e. The van der Waals surface area contributed by atoms with Gasteiger partial charge in [-0.3, -0.25) is 13.9 Å². The molecule has 0 saturated carbocycles. The Bertz CT molecular complexity index is 876. The molecule has 3 rings (SSSR count). The van der Waals surface area contributed by atoms with Gasteiger partial charge in [-0.15, -0.1) is 0 Å². The van der Waals surface area contributed by atoms with Crippen molar-refractivity contribution in [2.45, 2.75) is 25.8 Å². The Balaban J connectivity index is 1.69. The fourth-order valence-electron chi connectivity index (χ4n) is 2.97. The van der Waals surface area contributed by atoms with E-state index >= 15 is 0 Å². The number of hydrogen-bond acceptors (Lipinski definition) is 5. The number of aryl methyl sites for hydroxylation is 2. The van der Waals surface area contributed by atoms with Gasteiger partial charge in [-0.25, -0.2) is 9.78 Å². The average Bonchev–Trinajstić information content (AvgIpc) is 3.21. The van der Waals surface area contributed by atoms with E-state index < -0.39 is 0 Å². The summed E-state index contributed by atoms with van der Waals surface area (Å²) < 4.78 is 5.31. The summed E-state index contributed by atoms with van der Waals surface area (Å²) in [6.07, 6.45) is 4.69. The molecule has 130 valence electrons. The Morgan fingerprint density at radius 3 is 2.71 bits per heavy atom. The van der Waals surface area contributed by atoms with Crippen molar-refractivity contribution >= 4 is 39.5 Å². The molecule has 2 aromatic rings. The van der Waals surface area contributed by atoms with Crippen LogP contribution in [0.3, 0.4) is 0 Å². The lowest BCUT2D eigenvalue weighted by atomic mass is 10.4. The molecule has 0 aliphatic carbocycles. The molecule has 3 heterocycles. The minimum atomic E-state index is -0.321. The van der Waals surface area contributed by atoms with Crippen LogP contribution in [-0.4, -0.2) is 46.7 Å². The van der Waals surface area contributed by atoms with Gasteiger partial charge in [-0.05, 0) is 19.3 Å². The normalized spacial score (nSPS) is 14.7. The van der Waals surface area contributed by atoms with E-state index in [-0.39, 0.29) is 11.2 Å². The molecule has 0 aromatic carbocycles. The number of aromatic nitrogens is 4. The number of nitrogens with zero attached hydrogens (tertiary/aromatic N) is 5. The molecule has 1 aliphatic rings. The molecular weight excluding hydrogens is 346 g/mol. The molecule has 1 saturated heterocycles. The summed E-state index contributed by atoms with van der Waals surface area (Å²) in [6, 6.07) is 0. The van der Waals surface area contributed by atoms with E-state index in [9.17, 15) is 9.59 Å². The smallest absolute Gasteiger partial charge is 0.332 e. The van der Waals surface area contributed by atoms with E-state index in [1.807, 2.05) is 0 Å². The number of thiocarbonyl (C=S) groups is 1. The van der Waals surface area contributed by atoms with Gasteiger partial charge in [0.1, 0.15) is 4.32 Å². The third-order valence-corrected chi connectivity index (χ3v) is 5.93. The van der Waals surface area contributed by atoms with E-state index in [1.54, 1.807) is 36.8 Å². The number of fused-ring (bicyclic) bond motifs is 1. The van der Waals surface area contributed by atoms with Crippen LogP contribution in [0.2, 0.25) is 0 Å². The van der Waals surface area contributed by atoms with Crippen LogP contribution in [0.15, 0.2) is 15.9 Å². The van der Waals surface area contributed by atoms with Crippen LogP contribution in [0.1, 0.15) is 19.3 Å². The van der Waals surface area contributed by atoms with Gasteiger partial charge >= 0.3 is 5.69 Å². The predicted molar refractivity (Wildman–Crippen MR) is 101 cm³/mol. The van der Waals surface area contributed by atoms with Gasteiger partial charge in [0.2, 0.25) is 0 Å². The highest BCUT2D eigenvalue weighted by Crippen LogP contribution is 2.16. The van der Waals surface area contributed by atoms with Crippen molar-refractivity contribution in [3.05, 3.63) is 27.2 Å². The van der Waals surface area contributed by atoms with E-state index in [0.29, 0.717) is 17.7 Å². The molecule has 0 N–H and O–H groups in total. The second kappa shape index (κ2) is 7.10. The third kappa shape index (κ3) is 3.14. The highest BCUT2D eigenvalue weighted by molar-refractivity contribution is 8.22. The second-order valence-electron chi connectivity index (χ2n) is 5.99. The minimum Gasteiger partial charge on any atom is -0.358 e. The maximum absolute atomic E-state index is 12.6. The SMILES string of the molecule is Cn1cnc2c1c(=O)n(CCCSC(=S)N1CCCC1)c(=O)n2C. The summed E-state index contributed by atoms with van der Waals surface area (Å²) in [5.74, 6) is 0.800. The standard InChI is InChI=1S/C15H21N5O2S2/c1-17-10-16-12-11(17)13(21)20(14(22)18(12)2)8-5-9-24-15(23)19-6-3-4-7-19/h10H,3-9H2,1-2H3. The van der Waals surface area contributed by atoms with Crippen LogP contribution < -0.4 is 11.2 Å². The molecule has 0 amide bonds. The highest BCUT2D eigenvalue weighted by Gasteiger charge is 2.16. The number of rotatable bonds is 4. The lowest BCUT2D eigenvalue weighted by molar-refractivity contribution is 0.539. The van der Waals surface area contributed by atoms with E-state index in [1.165, 1.54) is 22.0 Å². The van der Waals surface area contributed by atoms with Gasteiger partial charge < -0.3 is 9.47 Å². The van der Waals surface area contributed by atoms with Crippen LogP contribution in [0.4, 0.5) is 0 Å². The second-order valence-corrected chi connectivity index (χ2v) is 7.72. The summed E-state index contributed by atoms with van der Waals surface area (Å²) in [4.78, 5) is 31.3. The quantitative estimate of drug-likeness (QED) is 0.592. The number of likely N-dealkylation sites (tertiary alicyclic amines) is 1. The topological polar surface area (TPSA) is 65.1 Å². The summed E-state index contributed by atoms with van der Waals surface area (Å²) in [6.45, 7) is 2.48. The maximum atomic E-state index is 12.6. The predicted octanol–water partition coefficient (Wildman–Crippen LogP) is 0.938. The molecule has 0 radical (unpaired) electrons. The molecule has 0 spiro atoms. The average molecular weight is 368 g/mol. The first-order valence-corrected chi connectivity index (χ1v) is 9.42. The van der Waals surface area contributed by atoms with Gasteiger partial charge in [0.05, 0.1) is 6.33 Å². The van der Waals surface area contributed by atoms with E-state index in [2.05, 4.69) is 9.88 Å². The van der Waals surface area contributed by atoms with Gasteiger partial charge in [-0.1, -0.05) is 24.0 Å². The van der Waals surface area contributed by atoms with Crippen LogP contribution in [0, 0.1) is 0 Å². The zero-order valence-corrected chi connectivity index (χ0v) is 15.5. The van der Waals surface area contributed by atoms with E-state index in [0.717, 1.165) is 29.6 Å². The van der Waals surface area contributed by atoms with Crippen molar-refractivity contribution in [1.82, 2.24) is 23.6 Å². The fourth-order valence-corrected chi connectivity index (χ4v) is 4.21. The molecule has 1 aliphatic heterocycles. The first-order valence-electron chi connectivity index (χ1n) is 8.03. The van der Waals surface area contributed by atoms with E-state index in [4.69, 9.17) is 12.2 Å². The summed E-state index contributed by atoms with van der Waals surface area (Å²) in [5, 5.41) is 0. The molecule has 9 heteroatoms. The molecule has 0 bridgehead atoms. The zero-order chi connectivity index (χ0) is 17.3. The molecule has 2 aromatic heterocycles. The molecule has 0 atom stereocenters. The minimum absolute atomic E-state index is 0.278. The Morgan fingerprint density at radius 1 is 1.29 bits per heavy atom. The zero-order valence-electron chi connectivity index (χ0n) is 13.9. The van der Waals surface area contributed by atoms with Crippen molar-refractivity contribution in [3.63, 3.8) is 0 Å². The molecule has 7 nitrogen and oxygen atoms in total. The highest BCUT2D eigenvalue weighted by atomic mass is 32.2. The number of imidazole rings is 1. The van der Waals surface area contributed by atoms with Gasteiger partial charge in [0.15, 0.2) is 11.2 Å². The number of thioether (sulfide) groups is 1.